The highest BCUT2D eigenvalue weighted by atomic mass is 16.1. The minimum absolute atomic E-state index is 0.121. The molecule has 0 radical (unpaired) electrons. The molecule has 0 aliphatic heterocycles. The van der Waals surface area contributed by atoms with E-state index in [2.05, 4.69) is 4.98 Å². The Morgan fingerprint density at radius 2 is 2.20 bits per heavy atom. The van der Waals surface area contributed by atoms with Gasteiger partial charge in [-0.25, -0.2) is 0 Å². The van der Waals surface area contributed by atoms with Crippen LogP contribution >= 0.6 is 0 Å². The molecule has 0 saturated heterocycles. The summed E-state index contributed by atoms with van der Waals surface area (Å²) in [5.41, 5.74) is 6.70. The average molecular weight is 206 g/mol. The number of carbonyl (C=O) groups is 1. The summed E-state index contributed by atoms with van der Waals surface area (Å²) in [6, 6.07) is 5.38. The van der Waals surface area contributed by atoms with E-state index in [4.69, 9.17) is 5.73 Å². The lowest BCUT2D eigenvalue weighted by atomic mass is 9.97. The van der Waals surface area contributed by atoms with Gasteiger partial charge >= 0.3 is 0 Å². The molecule has 1 heterocycles. The maximum Gasteiger partial charge on any atom is 0.150 e. The molecule has 0 spiro atoms. The maximum atomic E-state index is 11.6. The minimum atomic E-state index is -0.339. The number of nitrogens with zero attached hydrogens (tertiary/aromatic N) is 1. The van der Waals surface area contributed by atoms with Crippen molar-refractivity contribution >= 4 is 5.78 Å². The van der Waals surface area contributed by atoms with Crippen molar-refractivity contribution in [3.05, 3.63) is 30.1 Å². The Balaban J connectivity index is 2.41. The molecule has 1 rings (SSSR count). The molecule has 0 amide bonds. The Kier molecular flexibility index (Phi) is 4.43. The zero-order valence-corrected chi connectivity index (χ0v) is 9.31. The molecule has 2 N–H and O–H groups in total. The fourth-order valence-electron chi connectivity index (χ4n) is 1.34. The van der Waals surface area contributed by atoms with Gasteiger partial charge in [0.15, 0.2) is 0 Å². The third-order valence-corrected chi connectivity index (χ3v) is 2.44. The van der Waals surface area contributed by atoms with Crippen LogP contribution in [-0.2, 0) is 11.2 Å². The highest BCUT2D eigenvalue weighted by molar-refractivity contribution is 5.84. The summed E-state index contributed by atoms with van der Waals surface area (Å²) in [5, 5.41) is 0. The fourth-order valence-corrected chi connectivity index (χ4v) is 1.34. The number of Topliss-reactive ketones (excluding diaryl/α,β-unsaturated/α-hetero) is 1. The van der Waals surface area contributed by atoms with Gasteiger partial charge in [-0.05, 0) is 24.5 Å². The fraction of sp³-hybridized carbons (Fsp3) is 0.500. The van der Waals surface area contributed by atoms with E-state index in [9.17, 15) is 4.79 Å². The molecular formula is C12H18N2O. The Hall–Kier alpha value is -1.22. The van der Waals surface area contributed by atoms with Crippen molar-refractivity contribution in [1.29, 1.82) is 0 Å². The van der Waals surface area contributed by atoms with Crippen molar-refractivity contribution < 1.29 is 4.79 Å². The molecule has 1 aromatic rings. The third-order valence-electron chi connectivity index (χ3n) is 2.44. The van der Waals surface area contributed by atoms with Gasteiger partial charge in [0.25, 0.3) is 0 Å². The van der Waals surface area contributed by atoms with E-state index in [-0.39, 0.29) is 17.7 Å². The predicted octanol–water partition coefficient (Wildman–Crippen LogP) is 1.57. The van der Waals surface area contributed by atoms with E-state index in [1.807, 2.05) is 32.0 Å². The topological polar surface area (TPSA) is 56.0 Å². The van der Waals surface area contributed by atoms with E-state index in [0.717, 1.165) is 5.69 Å². The monoisotopic (exact) mass is 206 g/mol. The van der Waals surface area contributed by atoms with Crippen LogP contribution in [0.5, 0.6) is 0 Å². The summed E-state index contributed by atoms with van der Waals surface area (Å²) in [6.45, 7) is 3.92. The van der Waals surface area contributed by atoms with Crippen LogP contribution in [0.3, 0.4) is 0 Å². The Morgan fingerprint density at radius 3 is 2.73 bits per heavy atom. The van der Waals surface area contributed by atoms with Gasteiger partial charge in [-0.3, -0.25) is 9.78 Å². The molecule has 0 fully saturated rings. The molecule has 1 aromatic heterocycles. The smallest absolute Gasteiger partial charge is 0.150 e. The number of aryl methyl sites for hydroxylation is 1. The quantitative estimate of drug-likeness (QED) is 0.795. The van der Waals surface area contributed by atoms with E-state index in [1.165, 1.54) is 0 Å². The number of ketones is 1. The highest BCUT2D eigenvalue weighted by Crippen LogP contribution is 2.05. The predicted molar refractivity (Wildman–Crippen MR) is 60.4 cm³/mol. The van der Waals surface area contributed by atoms with Gasteiger partial charge < -0.3 is 5.73 Å². The number of aromatic nitrogens is 1. The summed E-state index contributed by atoms with van der Waals surface area (Å²) in [4.78, 5) is 15.8. The number of hydrogen-bond acceptors (Lipinski definition) is 3. The third kappa shape index (κ3) is 3.80. The van der Waals surface area contributed by atoms with Gasteiger partial charge in [-0.15, -0.1) is 0 Å². The van der Waals surface area contributed by atoms with Gasteiger partial charge in [-0.1, -0.05) is 19.9 Å². The zero-order valence-electron chi connectivity index (χ0n) is 9.31. The maximum absolute atomic E-state index is 11.6. The zero-order chi connectivity index (χ0) is 11.3. The van der Waals surface area contributed by atoms with Gasteiger partial charge in [0, 0.05) is 18.3 Å². The Morgan fingerprint density at radius 1 is 1.47 bits per heavy atom. The second-order valence-corrected chi connectivity index (χ2v) is 4.06. The molecule has 82 valence electrons. The van der Waals surface area contributed by atoms with Crippen LogP contribution in [-0.4, -0.2) is 16.8 Å². The summed E-state index contributed by atoms with van der Waals surface area (Å²) in [7, 11) is 0. The molecule has 0 bridgehead atoms. The summed E-state index contributed by atoms with van der Waals surface area (Å²) in [5.74, 6) is 0.330. The molecule has 0 aromatic carbocycles. The van der Waals surface area contributed by atoms with Crippen molar-refractivity contribution in [2.45, 2.75) is 32.7 Å². The first-order valence-corrected chi connectivity index (χ1v) is 5.29. The number of pyridine rings is 1. The molecule has 3 heteroatoms. The number of nitrogens with two attached hydrogens (primary N) is 1. The van der Waals surface area contributed by atoms with Crippen LogP contribution in [0.1, 0.15) is 26.0 Å². The molecule has 0 unspecified atom stereocenters. The SMILES string of the molecule is CC(C)[C@@H](N)C(=O)CCc1ccccn1. The lowest BCUT2D eigenvalue weighted by Gasteiger charge is -2.13. The van der Waals surface area contributed by atoms with Crippen molar-refractivity contribution in [2.24, 2.45) is 11.7 Å². The molecular weight excluding hydrogens is 188 g/mol. The Labute approximate surface area is 90.7 Å². The lowest BCUT2D eigenvalue weighted by molar-refractivity contribution is -0.121. The second-order valence-electron chi connectivity index (χ2n) is 4.06. The van der Waals surface area contributed by atoms with Gasteiger partial charge in [0.1, 0.15) is 5.78 Å². The first kappa shape index (κ1) is 11.9. The van der Waals surface area contributed by atoms with Crippen molar-refractivity contribution in [3.63, 3.8) is 0 Å². The van der Waals surface area contributed by atoms with Crippen LogP contribution in [0.2, 0.25) is 0 Å². The van der Waals surface area contributed by atoms with Crippen LogP contribution in [0.4, 0.5) is 0 Å². The largest absolute Gasteiger partial charge is 0.321 e. The van der Waals surface area contributed by atoms with Crippen LogP contribution in [0.25, 0.3) is 0 Å². The highest BCUT2D eigenvalue weighted by Gasteiger charge is 2.16. The number of rotatable bonds is 5. The second kappa shape index (κ2) is 5.61. The van der Waals surface area contributed by atoms with Crippen LogP contribution < -0.4 is 5.73 Å². The van der Waals surface area contributed by atoms with Gasteiger partial charge in [0.2, 0.25) is 0 Å². The summed E-state index contributed by atoms with van der Waals surface area (Å²) >= 11 is 0. The molecule has 0 saturated carbocycles. The standard InChI is InChI=1S/C12H18N2O/c1-9(2)12(13)11(15)7-6-10-5-3-4-8-14-10/h3-5,8-9,12H,6-7,13H2,1-2H3/t12-/m1/s1. The van der Waals surface area contributed by atoms with Crippen molar-refractivity contribution in [1.82, 2.24) is 4.98 Å². The average Bonchev–Trinajstić information content (AvgIpc) is 2.26. The molecule has 3 nitrogen and oxygen atoms in total. The van der Waals surface area contributed by atoms with Crippen LogP contribution in [0, 0.1) is 5.92 Å². The van der Waals surface area contributed by atoms with E-state index < -0.39 is 0 Å². The normalized spacial score (nSPS) is 12.8. The molecule has 1 atom stereocenters. The molecule has 0 aliphatic carbocycles. The minimum Gasteiger partial charge on any atom is -0.321 e. The van der Waals surface area contributed by atoms with E-state index >= 15 is 0 Å². The first-order chi connectivity index (χ1) is 7.11. The van der Waals surface area contributed by atoms with E-state index in [0.29, 0.717) is 12.8 Å². The van der Waals surface area contributed by atoms with Crippen molar-refractivity contribution in [2.75, 3.05) is 0 Å². The number of hydrogen-bond donors (Lipinski definition) is 1. The lowest BCUT2D eigenvalue weighted by Crippen LogP contribution is -2.35. The van der Waals surface area contributed by atoms with Crippen LogP contribution in [0.15, 0.2) is 24.4 Å². The summed E-state index contributed by atoms with van der Waals surface area (Å²) in [6.07, 6.45) is 2.90. The molecule has 0 aliphatic rings. The van der Waals surface area contributed by atoms with Crippen molar-refractivity contribution in [3.8, 4) is 0 Å². The molecule has 15 heavy (non-hydrogen) atoms. The summed E-state index contributed by atoms with van der Waals surface area (Å²) < 4.78 is 0. The van der Waals surface area contributed by atoms with E-state index in [1.54, 1.807) is 6.20 Å². The Bertz CT molecular complexity index is 309. The first-order valence-electron chi connectivity index (χ1n) is 5.29. The van der Waals surface area contributed by atoms with Gasteiger partial charge in [-0.2, -0.15) is 0 Å². The van der Waals surface area contributed by atoms with Gasteiger partial charge in [0.05, 0.1) is 6.04 Å². The number of carbonyl (C=O) groups excluding carboxylic acids is 1.